The van der Waals surface area contributed by atoms with Gasteiger partial charge < -0.3 is 14.5 Å². The van der Waals surface area contributed by atoms with Gasteiger partial charge in [0, 0.05) is 13.1 Å². The largest absolute Gasteiger partial charge is 0.444 e. The lowest BCUT2D eigenvalue weighted by Crippen LogP contribution is -2.43. The molecule has 5 nitrogen and oxygen atoms in total. The molecular formula is C12H24N2O3. The lowest BCUT2D eigenvalue weighted by molar-refractivity contribution is -0.0114. The van der Waals surface area contributed by atoms with Crippen LogP contribution in [-0.2, 0) is 9.57 Å². The Morgan fingerprint density at radius 1 is 1.35 bits per heavy atom. The number of nitrogens with two attached hydrogens (primary N) is 1. The molecule has 17 heavy (non-hydrogen) atoms. The predicted molar refractivity (Wildman–Crippen MR) is 65.3 cm³/mol. The molecule has 0 radical (unpaired) electrons. The fourth-order valence-corrected chi connectivity index (χ4v) is 1.99. The van der Waals surface area contributed by atoms with Crippen LogP contribution in [0.5, 0.6) is 0 Å². The fourth-order valence-electron chi connectivity index (χ4n) is 1.99. The van der Waals surface area contributed by atoms with Gasteiger partial charge in [0.2, 0.25) is 0 Å². The number of amides is 1. The first-order valence-corrected chi connectivity index (χ1v) is 6.17. The monoisotopic (exact) mass is 244 g/mol. The van der Waals surface area contributed by atoms with Crippen LogP contribution in [0.3, 0.4) is 0 Å². The number of ether oxygens (including phenoxy) is 1. The van der Waals surface area contributed by atoms with Crippen LogP contribution in [0.1, 0.15) is 40.5 Å². The van der Waals surface area contributed by atoms with E-state index in [0.29, 0.717) is 19.0 Å². The van der Waals surface area contributed by atoms with Crippen LogP contribution >= 0.6 is 0 Å². The van der Waals surface area contributed by atoms with Crippen molar-refractivity contribution in [2.24, 2.45) is 11.8 Å². The number of hydrogen-bond acceptors (Lipinski definition) is 4. The summed E-state index contributed by atoms with van der Waals surface area (Å²) in [5, 5.41) is 0. The summed E-state index contributed by atoms with van der Waals surface area (Å²) < 4.78 is 5.33. The Morgan fingerprint density at radius 3 is 2.29 bits per heavy atom. The summed E-state index contributed by atoms with van der Waals surface area (Å²) in [6, 6.07) is 0. The number of hydrogen-bond donors (Lipinski definition) is 1. The summed E-state index contributed by atoms with van der Waals surface area (Å²) in [7, 11) is 0. The third-order valence-electron chi connectivity index (χ3n) is 3.07. The SMILES string of the molecule is CC(ON)C1CCN(C(=O)OC(C)(C)C)CC1. The van der Waals surface area contributed by atoms with E-state index in [9.17, 15) is 4.79 Å². The molecule has 1 aliphatic heterocycles. The highest BCUT2D eigenvalue weighted by atomic mass is 16.6. The second-order valence-corrected chi connectivity index (χ2v) is 5.65. The zero-order valence-electron chi connectivity index (χ0n) is 11.2. The molecule has 1 fully saturated rings. The minimum atomic E-state index is -0.429. The van der Waals surface area contributed by atoms with Gasteiger partial charge in [0.05, 0.1) is 6.10 Å². The minimum Gasteiger partial charge on any atom is -0.444 e. The van der Waals surface area contributed by atoms with Crippen molar-refractivity contribution in [2.45, 2.75) is 52.2 Å². The Balaban J connectivity index is 2.39. The number of likely N-dealkylation sites (tertiary alicyclic amines) is 1. The van der Waals surface area contributed by atoms with E-state index in [1.54, 1.807) is 4.90 Å². The Kier molecular flexibility index (Phi) is 4.77. The minimum absolute atomic E-state index is 0.0517. The molecule has 0 bridgehead atoms. The summed E-state index contributed by atoms with van der Waals surface area (Å²) in [5.74, 6) is 5.60. The number of piperidine rings is 1. The zero-order valence-corrected chi connectivity index (χ0v) is 11.2. The van der Waals surface area contributed by atoms with E-state index in [0.717, 1.165) is 12.8 Å². The van der Waals surface area contributed by atoms with Gasteiger partial charge in [0.1, 0.15) is 5.60 Å². The molecule has 0 saturated carbocycles. The van der Waals surface area contributed by atoms with Gasteiger partial charge in [-0.2, -0.15) is 0 Å². The molecule has 1 amide bonds. The van der Waals surface area contributed by atoms with Crippen LogP contribution in [0.2, 0.25) is 0 Å². The summed E-state index contributed by atoms with van der Waals surface area (Å²) in [6.07, 6.45) is 1.66. The molecule has 1 heterocycles. The molecule has 100 valence electrons. The molecule has 0 spiro atoms. The molecule has 0 aromatic heterocycles. The Bertz CT molecular complexity index is 255. The molecule has 0 aromatic rings. The van der Waals surface area contributed by atoms with E-state index >= 15 is 0 Å². The zero-order chi connectivity index (χ0) is 13.1. The van der Waals surface area contributed by atoms with E-state index in [2.05, 4.69) is 0 Å². The second-order valence-electron chi connectivity index (χ2n) is 5.65. The highest BCUT2D eigenvalue weighted by molar-refractivity contribution is 5.68. The Morgan fingerprint density at radius 2 is 1.88 bits per heavy atom. The molecule has 2 N–H and O–H groups in total. The number of nitrogens with zero attached hydrogens (tertiary/aromatic N) is 1. The highest BCUT2D eigenvalue weighted by Gasteiger charge is 2.29. The lowest BCUT2D eigenvalue weighted by Gasteiger charge is -2.34. The smallest absolute Gasteiger partial charge is 0.410 e. The van der Waals surface area contributed by atoms with Gasteiger partial charge in [-0.25, -0.2) is 10.7 Å². The van der Waals surface area contributed by atoms with E-state index in [1.807, 2.05) is 27.7 Å². The summed E-state index contributed by atoms with van der Waals surface area (Å²) in [5.41, 5.74) is -0.429. The fraction of sp³-hybridized carbons (Fsp3) is 0.917. The molecule has 1 rings (SSSR count). The van der Waals surface area contributed by atoms with E-state index in [4.69, 9.17) is 15.5 Å². The maximum Gasteiger partial charge on any atom is 0.410 e. The summed E-state index contributed by atoms with van der Waals surface area (Å²) >= 11 is 0. The van der Waals surface area contributed by atoms with E-state index in [1.165, 1.54) is 0 Å². The van der Waals surface area contributed by atoms with Crippen molar-refractivity contribution in [1.82, 2.24) is 4.90 Å². The van der Waals surface area contributed by atoms with Crippen LogP contribution in [-0.4, -0.2) is 35.8 Å². The molecule has 1 unspecified atom stereocenters. The average molecular weight is 244 g/mol. The first-order valence-electron chi connectivity index (χ1n) is 6.17. The van der Waals surface area contributed by atoms with Crippen LogP contribution in [0.25, 0.3) is 0 Å². The molecule has 1 aliphatic rings. The molecule has 1 saturated heterocycles. The van der Waals surface area contributed by atoms with Crippen molar-refractivity contribution in [3.8, 4) is 0 Å². The maximum absolute atomic E-state index is 11.8. The van der Waals surface area contributed by atoms with Gasteiger partial charge >= 0.3 is 6.09 Å². The van der Waals surface area contributed by atoms with Gasteiger partial charge in [0.15, 0.2) is 0 Å². The van der Waals surface area contributed by atoms with Crippen molar-refractivity contribution in [1.29, 1.82) is 0 Å². The topological polar surface area (TPSA) is 64.8 Å². The van der Waals surface area contributed by atoms with Gasteiger partial charge in [-0.3, -0.25) is 0 Å². The molecule has 0 aromatic carbocycles. The Labute approximate surface area is 103 Å². The van der Waals surface area contributed by atoms with Crippen molar-refractivity contribution in [2.75, 3.05) is 13.1 Å². The standard InChI is InChI=1S/C12H24N2O3/c1-9(17-13)10-5-7-14(8-6-10)11(15)16-12(2,3)4/h9-10H,5-8,13H2,1-4H3. The van der Waals surface area contributed by atoms with Crippen molar-refractivity contribution >= 4 is 6.09 Å². The van der Waals surface area contributed by atoms with Gasteiger partial charge in [-0.15, -0.1) is 0 Å². The van der Waals surface area contributed by atoms with Gasteiger partial charge in [-0.1, -0.05) is 0 Å². The highest BCUT2D eigenvalue weighted by Crippen LogP contribution is 2.23. The predicted octanol–water partition coefficient (Wildman–Crippen LogP) is 1.91. The van der Waals surface area contributed by atoms with E-state index < -0.39 is 5.60 Å². The molecule has 1 atom stereocenters. The first-order chi connectivity index (χ1) is 7.83. The van der Waals surface area contributed by atoms with Crippen molar-refractivity contribution < 1.29 is 14.4 Å². The van der Waals surface area contributed by atoms with Crippen molar-refractivity contribution in [3.63, 3.8) is 0 Å². The van der Waals surface area contributed by atoms with E-state index in [-0.39, 0.29) is 12.2 Å². The van der Waals surface area contributed by atoms with Crippen LogP contribution in [0, 0.1) is 5.92 Å². The molecular weight excluding hydrogens is 220 g/mol. The quantitative estimate of drug-likeness (QED) is 0.754. The Hall–Kier alpha value is -0.810. The number of carbonyl (C=O) groups excluding carboxylic acids is 1. The number of rotatable bonds is 2. The summed E-state index contributed by atoms with van der Waals surface area (Å²) in [4.78, 5) is 18.4. The van der Waals surface area contributed by atoms with Crippen LogP contribution in [0.4, 0.5) is 4.79 Å². The number of carbonyl (C=O) groups is 1. The van der Waals surface area contributed by atoms with Crippen LogP contribution in [0.15, 0.2) is 0 Å². The normalized spacial score (nSPS) is 20.2. The molecule has 5 heteroatoms. The second kappa shape index (κ2) is 5.69. The third-order valence-corrected chi connectivity index (χ3v) is 3.07. The lowest BCUT2D eigenvalue weighted by atomic mass is 9.92. The van der Waals surface area contributed by atoms with Crippen LogP contribution < -0.4 is 5.90 Å². The van der Waals surface area contributed by atoms with Gasteiger partial charge in [-0.05, 0) is 46.5 Å². The molecule has 0 aliphatic carbocycles. The van der Waals surface area contributed by atoms with Crippen molar-refractivity contribution in [3.05, 3.63) is 0 Å². The first kappa shape index (κ1) is 14.3. The third kappa shape index (κ3) is 4.52. The van der Waals surface area contributed by atoms with Gasteiger partial charge in [0.25, 0.3) is 0 Å². The summed E-state index contributed by atoms with van der Waals surface area (Å²) in [6.45, 7) is 9.03. The maximum atomic E-state index is 11.8. The average Bonchev–Trinajstić information content (AvgIpc) is 2.26.